The second-order valence-corrected chi connectivity index (χ2v) is 11.3. The summed E-state index contributed by atoms with van der Waals surface area (Å²) in [5.41, 5.74) is 2.47. The van der Waals surface area contributed by atoms with Gasteiger partial charge in [0.2, 0.25) is 20.0 Å². The van der Waals surface area contributed by atoms with Gasteiger partial charge in [0, 0.05) is 19.5 Å². The van der Waals surface area contributed by atoms with E-state index in [1.807, 2.05) is 6.92 Å². The molecule has 4 rings (SSSR count). The molecule has 4 N–H and O–H groups in total. The average molecular weight is 516 g/mol. The number of nitrogens with one attached hydrogen (secondary N) is 2. The third-order valence-electron chi connectivity index (χ3n) is 5.27. The van der Waals surface area contributed by atoms with Gasteiger partial charge in [0.25, 0.3) is 0 Å². The van der Waals surface area contributed by atoms with Crippen molar-refractivity contribution in [3.8, 4) is 0 Å². The van der Waals surface area contributed by atoms with E-state index in [9.17, 15) is 16.8 Å². The SMILES string of the molecule is Cc1ccc(S(=O)(=O)NCCc2nnc3ccc(NCCc4ccc(S(N)(=O)=O)cc4)nn23)cc1. The second-order valence-electron chi connectivity index (χ2n) is 7.93. The number of primary sulfonamides is 1. The van der Waals surface area contributed by atoms with Crippen molar-refractivity contribution in [2.45, 2.75) is 29.6 Å². The molecule has 184 valence electrons. The van der Waals surface area contributed by atoms with Crippen LogP contribution < -0.4 is 15.2 Å². The highest BCUT2D eigenvalue weighted by molar-refractivity contribution is 7.89. The van der Waals surface area contributed by atoms with Crippen molar-refractivity contribution in [2.75, 3.05) is 18.4 Å². The van der Waals surface area contributed by atoms with Gasteiger partial charge in [-0.05, 0) is 55.3 Å². The Morgan fingerprint density at radius 3 is 2.20 bits per heavy atom. The van der Waals surface area contributed by atoms with Gasteiger partial charge in [-0.2, -0.15) is 4.52 Å². The van der Waals surface area contributed by atoms with Crippen molar-refractivity contribution < 1.29 is 16.8 Å². The minimum absolute atomic E-state index is 0.0719. The van der Waals surface area contributed by atoms with Crippen molar-refractivity contribution in [3.63, 3.8) is 0 Å². The summed E-state index contributed by atoms with van der Waals surface area (Å²) in [6.07, 6.45) is 0.944. The van der Waals surface area contributed by atoms with Crippen LogP contribution in [0.3, 0.4) is 0 Å². The van der Waals surface area contributed by atoms with Crippen LogP contribution >= 0.6 is 0 Å². The lowest BCUT2D eigenvalue weighted by molar-refractivity contribution is 0.580. The van der Waals surface area contributed by atoms with Gasteiger partial charge >= 0.3 is 0 Å². The molecular formula is C22H25N7O4S2. The van der Waals surface area contributed by atoms with Gasteiger partial charge in [-0.1, -0.05) is 29.8 Å². The molecule has 2 aromatic carbocycles. The molecule has 0 aliphatic rings. The fraction of sp³-hybridized carbons (Fsp3) is 0.227. The van der Waals surface area contributed by atoms with E-state index >= 15 is 0 Å². The number of benzene rings is 2. The standard InChI is InChI=1S/C22H25N7O4S2/c1-16-2-6-19(7-3-16)35(32,33)25-15-13-22-27-26-21-11-10-20(28-29(21)22)24-14-12-17-4-8-18(9-5-17)34(23,30)31/h2-11,25H,12-15H2,1H3,(H,24,28)(H2,23,30,31). The molecule has 13 heteroatoms. The monoisotopic (exact) mass is 515 g/mol. The normalized spacial score (nSPS) is 12.2. The Morgan fingerprint density at radius 1 is 0.829 bits per heavy atom. The van der Waals surface area contributed by atoms with Crippen molar-refractivity contribution in [2.24, 2.45) is 5.14 Å². The molecule has 0 fully saturated rings. The zero-order valence-corrected chi connectivity index (χ0v) is 20.6. The summed E-state index contributed by atoms with van der Waals surface area (Å²) in [7, 11) is -7.33. The molecule has 0 atom stereocenters. The highest BCUT2D eigenvalue weighted by atomic mass is 32.2. The Bertz CT molecular complexity index is 1530. The Labute approximate surface area is 203 Å². The summed E-state index contributed by atoms with van der Waals surface area (Å²) in [5.74, 6) is 1.12. The first-order valence-corrected chi connectivity index (χ1v) is 13.8. The first-order chi connectivity index (χ1) is 16.6. The van der Waals surface area contributed by atoms with E-state index in [4.69, 9.17) is 5.14 Å². The molecule has 0 saturated carbocycles. The molecule has 0 saturated heterocycles. The lowest BCUT2D eigenvalue weighted by atomic mass is 10.1. The quantitative estimate of drug-likeness (QED) is 0.284. The van der Waals surface area contributed by atoms with E-state index in [1.54, 1.807) is 53.0 Å². The fourth-order valence-electron chi connectivity index (χ4n) is 3.36. The van der Waals surface area contributed by atoms with Crippen LogP contribution in [0.4, 0.5) is 5.82 Å². The number of hydrogen-bond acceptors (Lipinski definition) is 8. The molecule has 11 nitrogen and oxygen atoms in total. The molecule has 0 radical (unpaired) electrons. The van der Waals surface area contributed by atoms with E-state index in [0.29, 0.717) is 36.7 Å². The van der Waals surface area contributed by atoms with Gasteiger partial charge < -0.3 is 5.32 Å². The summed E-state index contributed by atoms with van der Waals surface area (Å²) >= 11 is 0. The van der Waals surface area contributed by atoms with Crippen molar-refractivity contribution >= 4 is 31.5 Å². The zero-order valence-electron chi connectivity index (χ0n) is 18.9. The molecule has 0 aliphatic carbocycles. The number of anilines is 1. The van der Waals surface area contributed by atoms with Crippen LogP contribution in [0.2, 0.25) is 0 Å². The third-order valence-corrected chi connectivity index (χ3v) is 7.68. The van der Waals surface area contributed by atoms with Gasteiger partial charge in [0.05, 0.1) is 9.79 Å². The molecule has 0 bridgehead atoms. The maximum absolute atomic E-state index is 12.5. The second kappa shape index (κ2) is 10.1. The van der Waals surface area contributed by atoms with Gasteiger partial charge in [0.15, 0.2) is 11.5 Å². The molecule has 2 aromatic heterocycles. The number of fused-ring (bicyclic) bond motifs is 1. The first kappa shape index (κ1) is 24.7. The lowest BCUT2D eigenvalue weighted by Crippen LogP contribution is -2.26. The predicted molar refractivity (Wildman–Crippen MR) is 131 cm³/mol. The number of nitrogens with zero attached hydrogens (tertiary/aromatic N) is 4. The summed E-state index contributed by atoms with van der Waals surface area (Å²) in [6.45, 7) is 2.59. The zero-order chi connectivity index (χ0) is 25.1. The molecule has 0 spiro atoms. The van der Waals surface area contributed by atoms with E-state index in [2.05, 4.69) is 25.3 Å². The van der Waals surface area contributed by atoms with Gasteiger partial charge in [0.1, 0.15) is 5.82 Å². The molecule has 0 aliphatic heterocycles. The first-order valence-electron chi connectivity index (χ1n) is 10.8. The fourth-order valence-corrected chi connectivity index (χ4v) is 4.91. The van der Waals surface area contributed by atoms with Crippen molar-refractivity contribution in [1.29, 1.82) is 0 Å². The number of nitrogens with two attached hydrogens (primary N) is 1. The van der Waals surface area contributed by atoms with Crippen LogP contribution in [0, 0.1) is 6.92 Å². The Kier molecular flexibility index (Phi) is 7.12. The molecule has 4 aromatic rings. The van der Waals surface area contributed by atoms with Crippen LogP contribution in [-0.4, -0.2) is 49.7 Å². The maximum atomic E-state index is 12.5. The van der Waals surface area contributed by atoms with Crippen LogP contribution in [-0.2, 0) is 32.9 Å². The minimum Gasteiger partial charge on any atom is -0.368 e. The smallest absolute Gasteiger partial charge is 0.240 e. The highest BCUT2D eigenvalue weighted by Gasteiger charge is 2.14. The van der Waals surface area contributed by atoms with E-state index in [1.165, 1.54) is 12.1 Å². The third kappa shape index (κ3) is 6.19. The summed E-state index contributed by atoms with van der Waals surface area (Å²) in [4.78, 5) is 0.278. The van der Waals surface area contributed by atoms with Crippen molar-refractivity contribution in [3.05, 3.63) is 77.6 Å². The lowest BCUT2D eigenvalue weighted by Gasteiger charge is -2.08. The maximum Gasteiger partial charge on any atom is 0.240 e. The largest absolute Gasteiger partial charge is 0.368 e. The van der Waals surface area contributed by atoms with Crippen LogP contribution in [0.15, 0.2) is 70.5 Å². The predicted octanol–water partition coefficient (Wildman–Crippen LogP) is 1.26. The van der Waals surface area contributed by atoms with E-state index < -0.39 is 20.0 Å². The number of sulfonamides is 2. The van der Waals surface area contributed by atoms with Gasteiger partial charge in [-0.25, -0.2) is 26.7 Å². The highest BCUT2D eigenvalue weighted by Crippen LogP contribution is 2.12. The number of hydrogen-bond donors (Lipinski definition) is 3. The van der Waals surface area contributed by atoms with E-state index in [-0.39, 0.29) is 16.3 Å². The Morgan fingerprint density at radius 2 is 1.51 bits per heavy atom. The number of aromatic nitrogens is 4. The molecule has 0 amide bonds. The Balaban J connectivity index is 1.35. The molecule has 0 unspecified atom stereocenters. The number of aryl methyl sites for hydroxylation is 1. The van der Waals surface area contributed by atoms with Gasteiger partial charge in [-0.3, -0.25) is 0 Å². The summed E-state index contributed by atoms with van der Waals surface area (Å²) in [5, 5.41) is 21.0. The molecular weight excluding hydrogens is 490 g/mol. The topological polar surface area (TPSA) is 161 Å². The van der Waals surface area contributed by atoms with Crippen molar-refractivity contribution in [1.82, 2.24) is 24.5 Å². The Hall–Kier alpha value is -3.39. The van der Waals surface area contributed by atoms with Crippen LogP contribution in [0.1, 0.15) is 17.0 Å². The molecule has 2 heterocycles. The van der Waals surface area contributed by atoms with Crippen LogP contribution in [0.25, 0.3) is 5.65 Å². The van der Waals surface area contributed by atoms with E-state index in [0.717, 1.165) is 11.1 Å². The average Bonchev–Trinajstić information content (AvgIpc) is 3.21. The van der Waals surface area contributed by atoms with Gasteiger partial charge in [-0.15, -0.1) is 15.3 Å². The summed E-state index contributed by atoms with van der Waals surface area (Å²) < 4.78 is 51.8. The summed E-state index contributed by atoms with van der Waals surface area (Å²) in [6, 6.07) is 16.6. The molecule has 35 heavy (non-hydrogen) atoms. The number of rotatable bonds is 10. The minimum atomic E-state index is -3.71. The van der Waals surface area contributed by atoms with Crippen LogP contribution in [0.5, 0.6) is 0 Å².